The van der Waals surface area contributed by atoms with E-state index in [4.69, 9.17) is 14.5 Å². The maximum absolute atomic E-state index is 12.3. The maximum Gasteiger partial charge on any atom is 0.242 e. The fourth-order valence-electron chi connectivity index (χ4n) is 4.83. The average molecular weight is 484 g/mol. The summed E-state index contributed by atoms with van der Waals surface area (Å²) in [5, 5.41) is 3.42. The van der Waals surface area contributed by atoms with Gasteiger partial charge in [-0.2, -0.15) is 4.31 Å². The van der Waals surface area contributed by atoms with E-state index in [2.05, 4.69) is 33.5 Å². The van der Waals surface area contributed by atoms with Crippen LogP contribution in [0.2, 0.25) is 0 Å². The molecule has 0 amide bonds. The van der Waals surface area contributed by atoms with Gasteiger partial charge in [-0.1, -0.05) is 18.2 Å². The van der Waals surface area contributed by atoms with E-state index < -0.39 is 16.1 Å². The monoisotopic (exact) mass is 483 g/mol. The quantitative estimate of drug-likeness (QED) is 0.590. The average Bonchev–Trinajstić information content (AvgIpc) is 2.88. The highest BCUT2D eigenvalue weighted by Gasteiger charge is 2.30. The first kappa shape index (κ1) is 23.1. The number of morpholine rings is 1. The van der Waals surface area contributed by atoms with Crippen LogP contribution in [0, 0.1) is 0 Å². The van der Waals surface area contributed by atoms with Gasteiger partial charge < -0.3 is 14.8 Å². The lowest BCUT2D eigenvalue weighted by molar-refractivity contribution is -0.00209. The molecule has 1 aromatic carbocycles. The molecule has 180 valence electrons. The first-order valence-corrected chi connectivity index (χ1v) is 13.4. The predicted molar refractivity (Wildman–Crippen MR) is 129 cm³/mol. The zero-order valence-electron chi connectivity index (χ0n) is 19.4. The number of hydrogen-bond acceptors (Lipinski definition) is 8. The zero-order chi connectivity index (χ0) is 23.7. The summed E-state index contributed by atoms with van der Waals surface area (Å²) in [6.45, 7) is 2.95. The van der Waals surface area contributed by atoms with Crippen molar-refractivity contribution < 1.29 is 17.9 Å². The molecule has 3 aromatic rings. The zero-order valence-corrected chi connectivity index (χ0v) is 20.2. The number of nitrogens with zero attached hydrogens (tertiary/aromatic N) is 4. The van der Waals surface area contributed by atoms with Crippen LogP contribution in [0.25, 0.3) is 22.3 Å². The molecule has 1 N–H and O–H groups in total. The minimum absolute atomic E-state index is 0.270. The van der Waals surface area contributed by atoms with E-state index in [0.29, 0.717) is 41.7 Å². The molecule has 9 nitrogen and oxygen atoms in total. The van der Waals surface area contributed by atoms with Crippen molar-refractivity contribution in [3.8, 4) is 17.1 Å². The fraction of sp³-hybridized carbons (Fsp3) is 0.458. The third-order valence-electron chi connectivity index (χ3n) is 6.63. The molecule has 1 unspecified atom stereocenters. The lowest BCUT2D eigenvalue weighted by Crippen LogP contribution is -2.41. The van der Waals surface area contributed by atoms with Crippen LogP contribution in [-0.4, -0.2) is 73.8 Å². The summed E-state index contributed by atoms with van der Waals surface area (Å²) in [5.41, 5.74) is 5.02. The molecule has 0 bridgehead atoms. The maximum atomic E-state index is 12.3. The van der Waals surface area contributed by atoms with Gasteiger partial charge >= 0.3 is 0 Å². The van der Waals surface area contributed by atoms with E-state index >= 15 is 0 Å². The Bertz CT molecular complexity index is 1290. The molecule has 0 spiro atoms. The molecular weight excluding hydrogens is 454 g/mol. The Morgan fingerprint density at radius 3 is 2.71 bits per heavy atom. The number of hydrogen-bond donors (Lipinski definition) is 1. The molecule has 0 aliphatic carbocycles. The van der Waals surface area contributed by atoms with E-state index in [-0.39, 0.29) is 6.54 Å². The molecule has 2 aliphatic heterocycles. The van der Waals surface area contributed by atoms with Crippen LogP contribution < -0.4 is 10.1 Å². The third-order valence-corrected chi connectivity index (χ3v) is 7.89. The van der Waals surface area contributed by atoms with Crippen LogP contribution in [0.3, 0.4) is 0 Å². The Morgan fingerprint density at radius 1 is 1.15 bits per heavy atom. The molecule has 1 atom stereocenters. The molecule has 2 saturated heterocycles. The summed E-state index contributed by atoms with van der Waals surface area (Å²) in [4.78, 5) is 13.5. The molecule has 4 heterocycles. The van der Waals surface area contributed by atoms with Gasteiger partial charge in [-0.3, -0.25) is 4.98 Å². The minimum atomic E-state index is -3.32. The first-order chi connectivity index (χ1) is 16.4. The number of benzene rings is 1. The molecule has 0 saturated carbocycles. The summed E-state index contributed by atoms with van der Waals surface area (Å²) >= 11 is 0. The fourth-order valence-corrected chi connectivity index (χ4v) is 5.64. The standard InChI is InChI=1S/C24H29N5O4S/c1-32-24-23-21(26-9-10-27-23)14-20(28-24)18-4-3-17(16-5-7-25-8-6-16)13-19(18)22-15-29(11-12-33-22)34(2,30)31/h3-4,9-10,13-14,16,22,25H,5-8,11-12,15H2,1-2H3. The topological polar surface area (TPSA) is 107 Å². The van der Waals surface area contributed by atoms with Crippen molar-refractivity contribution in [3.63, 3.8) is 0 Å². The summed E-state index contributed by atoms with van der Waals surface area (Å²) in [6, 6.07) is 8.29. The van der Waals surface area contributed by atoms with Crippen LogP contribution in [0.15, 0.2) is 36.7 Å². The number of pyridine rings is 1. The Kier molecular flexibility index (Phi) is 6.48. The summed E-state index contributed by atoms with van der Waals surface area (Å²) < 4.78 is 37.7. The molecule has 10 heteroatoms. The molecule has 2 aromatic heterocycles. The number of fused-ring (bicyclic) bond motifs is 1. The molecule has 34 heavy (non-hydrogen) atoms. The number of sulfonamides is 1. The Labute approximate surface area is 199 Å². The van der Waals surface area contributed by atoms with Crippen molar-refractivity contribution in [2.75, 3.05) is 46.2 Å². The van der Waals surface area contributed by atoms with Crippen molar-refractivity contribution in [3.05, 3.63) is 47.8 Å². The van der Waals surface area contributed by atoms with Crippen molar-refractivity contribution in [2.24, 2.45) is 0 Å². The van der Waals surface area contributed by atoms with Crippen LogP contribution in [0.5, 0.6) is 5.88 Å². The van der Waals surface area contributed by atoms with Crippen LogP contribution in [0.4, 0.5) is 0 Å². The van der Waals surface area contributed by atoms with Gasteiger partial charge in [0.1, 0.15) is 0 Å². The first-order valence-electron chi connectivity index (χ1n) is 11.5. The van der Waals surface area contributed by atoms with Crippen molar-refractivity contribution >= 4 is 21.1 Å². The molecule has 2 fully saturated rings. The van der Waals surface area contributed by atoms with Gasteiger partial charge in [0.25, 0.3) is 0 Å². The number of nitrogens with one attached hydrogen (secondary N) is 1. The molecular formula is C24H29N5O4S. The van der Waals surface area contributed by atoms with E-state index in [9.17, 15) is 8.42 Å². The molecule has 2 aliphatic rings. The van der Waals surface area contributed by atoms with Crippen LogP contribution in [0.1, 0.15) is 36.0 Å². The van der Waals surface area contributed by atoms with E-state index in [0.717, 1.165) is 37.1 Å². The van der Waals surface area contributed by atoms with Crippen LogP contribution >= 0.6 is 0 Å². The lowest BCUT2D eigenvalue weighted by atomic mass is 9.86. The SMILES string of the molecule is COc1nc(-c2ccc(C3CCNCC3)cc2C2CN(S(C)(=O)=O)CCO2)cc2nccnc12. The second kappa shape index (κ2) is 9.53. The predicted octanol–water partition coefficient (Wildman–Crippen LogP) is 2.50. The number of aromatic nitrogens is 3. The Morgan fingerprint density at radius 2 is 1.94 bits per heavy atom. The largest absolute Gasteiger partial charge is 0.479 e. The molecule has 0 radical (unpaired) electrons. The number of methoxy groups -OCH3 is 1. The second-order valence-corrected chi connectivity index (χ2v) is 10.8. The van der Waals surface area contributed by atoms with Gasteiger partial charge in [0.2, 0.25) is 15.9 Å². The summed E-state index contributed by atoms with van der Waals surface area (Å²) in [6.07, 6.45) is 6.23. The number of rotatable bonds is 5. The van der Waals surface area contributed by atoms with Gasteiger partial charge in [-0.25, -0.2) is 18.4 Å². The van der Waals surface area contributed by atoms with Crippen molar-refractivity contribution in [2.45, 2.75) is 24.9 Å². The highest BCUT2D eigenvalue weighted by Crippen LogP contribution is 2.37. The van der Waals surface area contributed by atoms with E-state index in [1.807, 2.05) is 6.07 Å². The Balaban J connectivity index is 1.63. The highest BCUT2D eigenvalue weighted by molar-refractivity contribution is 7.88. The van der Waals surface area contributed by atoms with Gasteiger partial charge in [-0.05, 0) is 49.0 Å². The highest BCUT2D eigenvalue weighted by atomic mass is 32.2. The van der Waals surface area contributed by atoms with Crippen LogP contribution in [-0.2, 0) is 14.8 Å². The van der Waals surface area contributed by atoms with Crippen molar-refractivity contribution in [1.82, 2.24) is 24.6 Å². The minimum Gasteiger partial charge on any atom is -0.479 e. The Hall–Kier alpha value is -2.66. The van der Waals surface area contributed by atoms with Gasteiger partial charge in [0.05, 0.1) is 37.3 Å². The van der Waals surface area contributed by atoms with E-state index in [1.54, 1.807) is 19.5 Å². The molecule has 5 rings (SSSR count). The van der Waals surface area contributed by atoms with E-state index in [1.165, 1.54) is 16.1 Å². The third kappa shape index (κ3) is 4.63. The summed E-state index contributed by atoms with van der Waals surface area (Å²) in [7, 11) is -1.76. The smallest absolute Gasteiger partial charge is 0.242 e. The van der Waals surface area contributed by atoms with Crippen molar-refractivity contribution in [1.29, 1.82) is 0 Å². The number of piperidine rings is 1. The van der Waals surface area contributed by atoms with Gasteiger partial charge in [0.15, 0.2) is 5.52 Å². The normalized spacial score (nSPS) is 20.5. The lowest BCUT2D eigenvalue weighted by Gasteiger charge is -2.33. The number of ether oxygens (including phenoxy) is 2. The summed E-state index contributed by atoms with van der Waals surface area (Å²) in [5.74, 6) is 0.852. The van der Waals surface area contributed by atoms with Gasteiger partial charge in [0, 0.05) is 31.0 Å². The van der Waals surface area contributed by atoms with Gasteiger partial charge in [-0.15, -0.1) is 0 Å². The second-order valence-electron chi connectivity index (χ2n) is 8.79.